The van der Waals surface area contributed by atoms with Gasteiger partial charge in [-0.3, -0.25) is 4.79 Å². The minimum atomic E-state index is -0.492. The van der Waals surface area contributed by atoms with Gasteiger partial charge in [0.1, 0.15) is 12.4 Å². The zero-order valence-electron chi connectivity index (χ0n) is 13.9. The van der Waals surface area contributed by atoms with Crippen LogP contribution >= 0.6 is 0 Å². The molecule has 2 rings (SSSR count). The Bertz CT molecular complexity index is 803. The molecule has 0 spiro atoms. The molecule has 0 heterocycles. The third-order valence-corrected chi connectivity index (χ3v) is 3.34. The van der Waals surface area contributed by atoms with Crippen molar-refractivity contribution in [3.8, 4) is 17.6 Å². The number of carbonyl (C=O) groups excluding carboxylic acids is 2. The number of hydrogen-bond acceptors (Lipinski definition) is 4. The van der Waals surface area contributed by atoms with Crippen LogP contribution < -0.4 is 5.32 Å². The smallest absolute Gasteiger partial charge is 0.407 e. The highest BCUT2D eigenvalue weighted by molar-refractivity contribution is 5.97. The van der Waals surface area contributed by atoms with Gasteiger partial charge in [-0.15, -0.1) is 0 Å². The molecule has 128 valence electrons. The first-order valence-corrected chi connectivity index (χ1v) is 7.83. The molecule has 25 heavy (non-hydrogen) atoms. The second-order valence-electron chi connectivity index (χ2n) is 5.33. The van der Waals surface area contributed by atoms with Crippen molar-refractivity contribution in [3.05, 3.63) is 65.2 Å². The van der Waals surface area contributed by atoms with E-state index in [0.29, 0.717) is 18.5 Å². The maximum Gasteiger partial charge on any atom is 0.407 e. The third kappa shape index (κ3) is 6.04. The molecular formula is C20H19NO4. The second kappa shape index (κ2) is 9.14. The van der Waals surface area contributed by atoms with E-state index in [4.69, 9.17) is 4.74 Å². The first-order chi connectivity index (χ1) is 12.1. The number of ketones is 1. The fourth-order valence-corrected chi connectivity index (χ4v) is 2.06. The van der Waals surface area contributed by atoms with Crippen molar-refractivity contribution >= 4 is 11.9 Å². The number of amides is 1. The zero-order valence-corrected chi connectivity index (χ0v) is 13.9. The van der Waals surface area contributed by atoms with Crippen molar-refractivity contribution in [3.63, 3.8) is 0 Å². The first-order valence-electron chi connectivity index (χ1n) is 7.83. The minimum Gasteiger partial charge on any atom is -0.507 e. The highest BCUT2D eigenvalue weighted by Crippen LogP contribution is 2.18. The van der Waals surface area contributed by atoms with Gasteiger partial charge in [0, 0.05) is 18.5 Å². The number of rotatable bonds is 5. The quantitative estimate of drug-likeness (QED) is 0.499. The summed E-state index contributed by atoms with van der Waals surface area (Å²) in [7, 11) is 0. The Morgan fingerprint density at radius 1 is 1.16 bits per heavy atom. The number of Topliss-reactive ketones (excluding diaryl/α,β-unsaturated/α-hetero) is 1. The van der Waals surface area contributed by atoms with Crippen LogP contribution in [0, 0.1) is 11.8 Å². The maximum absolute atomic E-state index is 11.6. The Kier molecular flexibility index (Phi) is 6.61. The van der Waals surface area contributed by atoms with Crippen molar-refractivity contribution < 1.29 is 19.4 Å². The number of alkyl carbamates (subject to hydrolysis) is 1. The molecule has 0 unspecified atom stereocenters. The molecular weight excluding hydrogens is 318 g/mol. The van der Waals surface area contributed by atoms with E-state index >= 15 is 0 Å². The Morgan fingerprint density at radius 2 is 1.92 bits per heavy atom. The minimum absolute atomic E-state index is 0.0547. The normalized spacial score (nSPS) is 9.64. The summed E-state index contributed by atoms with van der Waals surface area (Å²) in [5.41, 5.74) is 1.80. The summed E-state index contributed by atoms with van der Waals surface area (Å²) in [6, 6.07) is 14.1. The molecule has 0 aromatic heterocycles. The number of aromatic hydroxyl groups is 1. The van der Waals surface area contributed by atoms with E-state index in [1.807, 2.05) is 30.3 Å². The van der Waals surface area contributed by atoms with Crippen LogP contribution in [-0.4, -0.2) is 23.5 Å². The molecule has 2 aromatic carbocycles. The van der Waals surface area contributed by atoms with Gasteiger partial charge in [-0.05, 0) is 30.7 Å². The Hall–Kier alpha value is -3.26. The van der Waals surface area contributed by atoms with E-state index < -0.39 is 6.09 Å². The van der Waals surface area contributed by atoms with Gasteiger partial charge < -0.3 is 15.2 Å². The van der Waals surface area contributed by atoms with E-state index in [9.17, 15) is 14.7 Å². The molecule has 0 aliphatic carbocycles. The number of ether oxygens (including phenoxy) is 1. The first kappa shape index (κ1) is 18.1. The lowest BCUT2D eigenvalue weighted by molar-refractivity contribution is 0.101. The van der Waals surface area contributed by atoms with Crippen LogP contribution in [0.1, 0.15) is 34.8 Å². The number of benzene rings is 2. The molecule has 0 bridgehead atoms. The van der Waals surface area contributed by atoms with Gasteiger partial charge in [-0.2, -0.15) is 0 Å². The molecule has 0 fully saturated rings. The lowest BCUT2D eigenvalue weighted by atomic mass is 10.1. The molecule has 2 N–H and O–H groups in total. The number of nitrogens with one attached hydrogen (secondary N) is 1. The van der Waals surface area contributed by atoms with Crippen LogP contribution in [0.2, 0.25) is 0 Å². The molecule has 5 nitrogen and oxygen atoms in total. The van der Waals surface area contributed by atoms with Crippen LogP contribution in [-0.2, 0) is 11.3 Å². The van der Waals surface area contributed by atoms with Crippen LogP contribution in [0.3, 0.4) is 0 Å². The molecule has 1 amide bonds. The summed E-state index contributed by atoms with van der Waals surface area (Å²) in [4.78, 5) is 22.9. The number of carbonyl (C=O) groups is 2. The van der Waals surface area contributed by atoms with Crippen molar-refractivity contribution in [2.24, 2.45) is 0 Å². The van der Waals surface area contributed by atoms with E-state index in [-0.39, 0.29) is 23.7 Å². The summed E-state index contributed by atoms with van der Waals surface area (Å²) in [5, 5.41) is 12.2. The fourth-order valence-electron chi connectivity index (χ4n) is 2.06. The fraction of sp³-hybridized carbons (Fsp3) is 0.200. The largest absolute Gasteiger partial charge is 0.507 e. The Balaban J connectivity index is 1.74. The number of phenolic OH excluding ortho intramolecular Hbond substituents is 1. The van der Waals surface area contributed by atoms with Crippen molar-refractivity contribution in [2.75, 3.05) is 6.54 Å². The average Bonchev–Trinajstić information content (AvgIpc) is 2.61. The van der Waals surface area contributed by atoms with Gasteiger partial charge in [0.2, 0.25) is 0 Å². The predicted octanol–water partition coefficient (Wildman–Crippen LogP) is 3.26. The summed E-state index contributed by atoms with van der Waals surface area (Å²) >= 11 is 0. The van der Waals surface area contributed by atoms with Gasteiger partial charge >= 0.3 is 6.09 Å². The van der Waals surface area contributed by atoms with Crippen LogP contribution in [0.5, 0.6) is 5.75 Å². The lowest BCUT2D eigenvalue weighted by Gasteiger charge is -2.05. The highest BCUT2D eigenvalue weighted by Gasteiger charge is 2.06. The van der Waals surface area contributed by atoms with E-state index in [2.05, 4.69) is 17.2 Å². The summed E-state index contributed by atoms with van der Waals surface area (Å²) in [6.45, 7) is 1.97. The zero-order chi connectivity index (χ0) is 18.1. The molecule has 5 heteroatoms. The molecule has 0 aliphatic heterocycles. The molecule has 0 aliphatic rings. The molecule has 0 saturated heterocycles. The number of phenols is 1. The summed E-state index contributed by atoms with van der Waals surface area (Å²) in [6.07, 6.45) is -0.0503. The van der Waals surface area contributed by atoms with Gasteiger partial charge in [-0.1, -0.05) is 42.2 Å². The van der Waals surface area contributed by atoms with Crippen molar-refractivity contribution in [1.29, 1.82) is 0 Å². The Morgan fingerprint density at radius 3 is 2.64 bits per heavy atom. The second-order valence-corrected chi connectivity index (χ2v) is 5.33. The predicted molar refractivity (Wildman–Crippen MR) is 94.2 cm³/mol. The monoisotopic (exact) mass is 337 g/mol. The maximum atomic E-state index is 11.6. The molecule has 0 atom stereocenters. The number of hydrogen-bond donors (Lipinski definition) is 2. The van der Waals surface area contributed by atoms with E-state index in [0.717, 1.165) is 5.56 Å². The SMILES string of the molecule is CC(=O)c1cc(C#CCCNC(=O)OCc2ccccc2)ccc1O. The topological polar surface area (TPSA) is 75.6 Å². The standard InChI is InChI=1S/C20H19NO4/c1-15(22)18-13-16(10-11-19(18)23)7-5-6-12-21-20(24)25-14-17-8-3-2-4-9-17/h2-4,8-11,13,23H,6,12,14H2,1H3,(H,21,24). The highest BCUT2D eigenvalue weighted by atomic mass is 16.5. The van der Waals surface area contributed by atoms with Gasteiger partial charge in [0.25, 0.3) is 0 Å². The van der Waals surface area contributed by atoms with Crippen molar-refractivity contribution in [1.82, 2.24) is 5.32 Å². The third-order valence-electron chi connectivity index (χ3n) is 3.34. The van der Waals surface area contributed by atoms with E-state index in [1.165, 1.54) is 13.0 Å². The average molecular weight is 337 g/mol. The van der Waals surface area contributed by atoms with Gasteiger partial charge in [0.05, 0.1) is 5.56 Å². The van der Waals surface area contributed by atoms with Crippen LogP contribution in [0.15, 0.2) is 48.5 Å². The summed E-state index contributed by atoms with van der Waals surface area (Å²) < 4.78 is 5.08. The van der Waals surface area contributed by atoms with Gasteiger partial charge in [-0.25, -0.2) is 4.79 Å². The molecule has 0 saturated carbocycles. The van der Waals surface area contributed by atoms with Gasteiger partial charge in [0.15, 0.2) is 5.78 Å². The van der Waals surface area contributed by atoms with Crippen LogP contribution in [0.25, 0.3) is 0 Å². The molecule has 0 radical (unpaired) electrons. The van der Waals surface area contributed by atoms with Crippen LogP contribution in [0.4, 0.5) is 4.79 Å². The molecule has 2 aromatic rings. The lowest BCUT2D eigenvalue weighted by Crippen LogP contribution is -2.24. The van der Waals surface area contributed by atoms with E-state index in [1.54, 1.807) is 12.1 Å². The van der Waals surface area contributed by atoms with Crippen molar-refractivity contribution in [2.45, 2.75) is 20.0 Å². The Labute approximate surface area is 146 Å². The summed E-state index contributed by atoms with van der Waals surface area (Å²) in [5.74, 6) is 5.52.